The molecule has 0 aliphatic heterocycles. The predicted molar refractivity (Wildman–Crippen MR) is 205 cm³/mol. The van der Waals surface area contributed by atoms with Crippen molar-refractivity contribution in [3.05, 3.63) is 0 Å². The first kappa shape index (κ1) is 48.4. The van der Waals surface area contributed by atoms with Gasteiger partial charge < -0.3 is 35.6 Å². The van der Waals surface area contributed by atoms with Crippen LogP contribution in [0.15, 0.2) is 9.98 Å². The van der Waals surface area contributed by atoms with Gasteiger partial charge in [0.25, 0.3) is 0 Å². The Hall–Kier alpha value is 2.24. The van der Waals surface area contributed by atoms with Crippen molar-refractivity contribution in [2.75, 3.05) is 0 Å². The van der Waals surface area contributed by atoms with Gasteiger partial charge in [0, 0.05) is 11.2 Å². The standard InChI is InChI=1S/C13H24N2O4.C13H22N2O3.5HI.2V/c1-13(2,3)19-12(18)15-9(10(16)11(14)17)7-8-5-4-6-8;1-13(2,3)18-12(17)15-10(11(16)8-14)7-9-5-4-6-9;;;;;;;/h8-10,16H,4-7H2,1-3H3,(H2,14,17)(H,15,18);9-11,16H,4-7H2,1-3H3,(H,15,17);5*1H;;/q;;;;;;;+2;+3/p-7. The Morgan fingerprint density at radius 1 is 0.932 bits per heavy atom. The first-order valence-electron chi connectivity index (χ1n) is 13.8. The molecule has 0 saturated heterocycles. The van der Waals surface area contributed by atoms with E-state index in [0.717, 1.165) is 32.1 Å². The summed E-state index contributed by atoms with van der Waals surface area (Å²) in [5, 5.41) is 51.2. The number of nitrogens with zero attached hydrogens (tertiary/aromatic N) is 3. The Kier molecular flexibility index (Phi) is 28.7. The van der Waals surface area contributed by atoms with Crippen molar-refractivity contribution in [3.63, 3.8) is 0 Å². The molecule has 2 rings (SSSR count). The Balaban J connectivity index is 0. The molecule has 0 bridgehead atoms. The molecule has 11 nitrogen and oxygen atoms in total. The van der Waals surface area contributed by atoms with Crippen LogP contribution >= 0.6 is 99.9 Å². The van der Waals surface area contributed by atoms with Crippen LogP contribution in [0.4, 0.5) is 0 Å². The van der Waals surface area contributed by atoms with E-state index in [4.69, 9.17) is 20.5 Å². The van der Waals surface area contributed by atoms with Gasteiger partial charge in [-0.3, -0.25) is 14.8 Å². The first-order valence-corrected chi connectivity index (χ1v) is 36.3. The van der Waals surface area contributed by atoms with E-state index in [1.165, 1.54) is 6.42 Å². The number of nitrogens with two attached hydrogens (primary N) is 1. The molecule has 0 spiro atoms. The van der Waals surface area contributed by atoms with E-state index >= 15 is 0 Å². The number of hydrogen-bond donors (Lipinski definition) is 3. The second-order valence-corrected chi connectivity index (χ2v) is 59.3. The third-order valence-corrected chi connectivity index (χ3v) is 6.08. The van der Waals surface area contributed by atoms with Crippen LogP contribution in [0.1, 0.15) is 92.9 Å². The Bertz CT molecular complexity index is 908. The molecule has 4 atom stereocenters. The van der Waals surface area contributed by atoms with Crippen molar-refractivity contribution < 1.29 is 49.1 Å². The minimum atomic E-state index is -1.44. The van der Waals surface area contributed by atoms with E-state index in [9.17, 15) is 25.2 Å². The summed E-state index contributed by atoms with van der Waals surface area (Å²) >= 11 is 12.1. The van der Waals surface area contributed by atoms with Crippen molar-refractivity contribution in [1.29, 1.82) is 5.26 Å². The molecule has 0 heterocycles. The summed E-state index contributed by atoms with van der Waals surface area (Å²) in [6.07, 6.45) is 3.46. The molecule has 0 aromatic carbocycles. The molecule has 257 valence electrons. The van der Waals surface area contributed by atoms with Crippen LogP contribution in [0, 0.1) is 23.2 Å². The second-order valence-electron chi connectivity index (χ2n) is 12.1. The summed E-state index contributed by atoms with van der Waals surface area (Å²) in [4.78, 5) is 18.4. The number of carbonyl (C=O) groups is 1. The number of ether oxygens (including phenoxy) is 2. The van der Waals surface area contributed by atoms with Gasteiger partial charge in [0.05, 0.1) is 18.2 Å². The van der Waals surface area contributed by atoms with Crippen LogP contribution in [0.25, 0.3) is 0 Å². The number of hydrogen-bond acceptors (Lipinski definition) is 10. The zero-order chi connectivity index (χ0) is 34.7. The topological polar surface area (TPSA) is 197 Å². The van der Waals surface area contributed by atoms with Gasteiger partial charge in [-0.2, -0.15) is 5.26 Å². The van der Waals surface area contributed by atoms with Gasteiger partial charge in [-0.15, -0.1) is 0 Å². The van der Waals surface area contributed by atoms with Crippen LogP contribution in [-0.4, -0.2) is 63.8 Å². The van der Waals surface area contributed by atoms with Crippen molar-refractivity contribution in [2.24, 2.45) is 27.6 Å². The summed E-state index contributed by atoms with van der Waals surface area (Å²) in [5.74, 6) is -0.00833. The minimum absolute atomic E-state index is 0.278. The average Bonchev–Trinajstić information content (AvgIpc) is 2.79. The number of aliphatic hydroxyl groups excluding tert-OH is 2. The number of rotatable bonds is 9. The van der Waals surface area contributed by atoms with Gasteiger partial charge in [-0.05, 0) is 24.7 Å². The fraction of sp³-hybridized carbons (Fsp3) is 0.846. The molecule has 0 aromatic heterocycles. The number of carbonyl (C=O) groups excluding carboxylic acids is 1. The van der Waals surface area contributed by atoms with Crippen molar-refractivity contribution >= 4 is 118 Å². The van der Waals surface area contributed by atoms with Crippen molar-refractivity contribution in [2.45, 2.75) is 128 Å². The van der Waals surface area contributed by atoms with E-state index in [0.29, 0.717) is 34.1 Å². The Labute approximate surface area is 329 Å². The Morgan fingerprint density at radius 2 is 1.25 bits per heavy atom. The van der Waals surface area contributed by atoms with Gasteiger partial charge in [0.15, 0.2) is 12.2 Å². The van der Waals surface area contributed by atoms with E-state index in [2.05, 4.69) is 110 Å². The third-order valence-electron chi connectivity index (χ3n) is 6.08. The van der Waals surface area contributed by atoms with Gasteiger partial charge in [-0.1, -0.05) is 80.1 Å². The number of halogens is 5. The second kappa shape index (κ2) is 26.1. The molecular formula is C26H44I5N4O7V2-2. The summed E-state index contributed by atoms with van der Waals surface area (Å²) in [6.45, 7) is 10.4. The molecule has 0 radical (unpaired) electrons. The molecule has 0 aromatic rings. The third kappa shape index (κ3) is 28.1. The SMILES string of the molecule is CC(C)(C)OC([O-])=NC(CC1CCC1)C(O)C#N.CC(C)(C)OC([O-])=NC(CC1CCC1)C(O)C(N)=O.[I][V]([I])[I].[I][V][I]. The normalized spacial score (nSPS) is 18.5. The zero-order valence-electron chi connectivity index (χ0n) is 25.8. The van der Waals surface area contributed by atoms with E-state index in [-0.39, 0.29) is 4.92 Å². The summed E-state index contributed by atoms with van der Waals surface area (Å²) < 4.78 is 10.1. The average molecular weight is 1260 g/mol. The van der Waals surface area contributed by atoms with Crippen LogP contribution in [0.3, 0.4) is 0 Å². The number of primary amides is 1. The van der Waals surface area contributed by atoms with Gasteiger partial charge in [0.2, 0.25) is 5.91 Å². The molecule has 2 fully saturated rings. The first-order chi connectivity index (χ1) is 20.1. The fourth-order valence-electron chi connectivity index (χ4n) is 3.77. The maximum absolute atomic E-state index is 11.6. The van der Waals surface area contributed by atoms with Crippen molar-refractivity contribution in [1.82, 2.24) is 0 Å². The maximum atomic E-state index is 11.6. The summed E-state index contributed by atoms with van der Waals surface area (Å²) in [6, 6.07) is 0.262. The van der Waals surface area contributed by atoms with Gasteiger partial charge >= 0.3 is 114 Å². The molecule has 4 unspecified atom stereocenters. The molecule has 1 amide bonds. The zero-order valence-corrected chi connectivity index (χ0v) is 39.3. The Morgan fingerprint density at radius 3 is 1.50 bits per heavy atom. The quantitative estimate of drug-likeness (QED) is 0.120. The molecule has 2 aliphatic carbocycles. The number of nitriles is 1. The van der Waals surface area contributed by atoms with Crippen molar-refractivity contribution in [3.8, 4) is 6.07 Å². The predicted octanol–water partition coefficient (Wildman–Crippen LogP) is 5.31. The van der Waals surface area contributed by atoms with E-state index < -0.39 is 53.6 Å². The summed E-state index contributed by atoms with van der Waals surface area (Å²) in [7, 11) is 0.628. The van der Waals surface area contributed by atoms with Gasteiger partial charge in [0.1, 0.15) is 12.2 Å². The van der Waals surface area contributed by atoms with Crippen LogP contribution in [-0.2, 0) is 28.7 Å². The van der Waals surface area contributed by atoms with Crippen LogP contribution in [0.5, 0.6) is 0 Å². The van der Waals surface area contributed by atoms with E-state index in [1.807, 2.05) is 0 Å². The van der Waals surface area contributed by atoms with Crippen LogP contribution in [0.2, 0.25) is 0 Å². The molecule has 18 heteroatoms. The molecule has 44 heavy (non-hydrogen) atoms. The fourth-order valence-corrected chi connectivity index (χ4v) is 3.77. The molecule has 4 N–H and O–H groups in total. The number of amides is 1. The summed E-state index contributed by atoms with van der Waals surface area (Å²) in [5.41, 5.74) is 3.81. The van der Waals surface area contributed by atoms with Gasteiger partial charge in [-0.25, -0.2) is 0 Å². The molecular weight excluding hydrogens is 1220 g/mol. The van der Waals surface area contributed by atoms with E-state index in [1.54, 1.807) is 47.6 Å². The van der Waals surface area contributed by atoms with Crippen LogP contribution < -0.4 is 15.9 Å². The monoisotopic (exact) mass is 1260 g/mol. The molecule has 2 aliphatic rings. The number of aliphatic imine (C=N–C) groups is 2. The number of aliphatic hydroxyl groups is 2. The molecule has 2 saturated carbocycles.